The highest BCUT2D eigenvalue weighted by atomic mass is 19.4. The van der Waals surface area contributed by atoms with E-state index < -0.39 is 17.7 Å². The third kappa shape index (κ3) is 3.26. The van der Waals surface area contributed by atoms with E-state index >= 15 is 0 Å². The van der Waals surface area contributed by atoms with Gasteiger partial charge in [-0.2, -0.15) is 13.2 Å². The summed E-state index contributed by atoms with van der Waals surface area (Å²) in [5.41, 5.74) is -0.837. The number of benzene rings is 1. The molecule has 0 atom stereocenters. The van der Waals surface area contributed by atoms with Crippen molar-refractivity contribution in [2.75, 3.05) is 14.2 Å². The Labute approximate surface area is 102 Å². The summed E-state index contributed by atoms with van der Waals surface area (Å²) in [5.74, 6) is -0.767. The van der Waals surface area contributed by atoms with Crippen LogP contribution in [0.1, 0.15) is 11.1 Å². The maximum Gasteiger partial charge on any atom is 0.416 e. The molecule has 0 saturated carbocycles. The van der Waals surface area contributed by atoms with Gasteiger partial charge in [-0.25, -0.2) is 4.79 Å². The summed E-state index contributed by atoms with van der Waals surface area (Å²) in [7, 11) is 2.43. The first kappa shape index (κ1) is 14.1. The largest absolute Gasteiger partial charge is 0.503 e. The van der Waals surface area contributed by atoms with Crippen molar-refractivity contribution < 1.29 is 27.4 Å². The van der Waals surface area contributed by atoms with Gasteiger partial charge in [-0.3, -0.25) is 0 Å². The van der Waals surface area contributed by atoms with Gasteiger partial charge in [0.15, 0.2) is 0 Å². The van der Waals surface area contributed by atoms with Crippen LogP contribution in [0.2, 0.25) is 0 Å². The molecule has 0 radical (unpaired) electrons. The topological polar surface area (TPSA) is 35.5 Å². The molecule has 0 fully saturated rings. The Morgan fingerprint density at radius 1 is 1.28 bits per heavy atom. The zero-order valence-corrected chi connectivity index (χ0v) is 9.75. The monoisotopic (exact) mass is 260 g/mol. The van der Waals surface area contributed by atoms with Gasteiger partial charge in [-0.05, 0) is 17.7 Å². The minimum Gasteiger partial charge on any atom is -0.503 e. The number of carbonyl (C=O) groups is 1. The average Bonchev–Trinajstić information content (AvgIpc) is 2.34. The standard InChI is InChI=1S/C12H11F3O3/c1-17-7-10(11(16)18-2)8-4-3-5-9(6-8)12(13,14)15/h3-7H,1-2H3. The lowest BCUT2D eigenvalue weighted by atomic mass is 10.0. The van der Waals surface area contributed by atoms with Gasteiger partial charge in [0.1, 0.15) is 5.57 Å². The van der Waals surface area contributed by atoms with Gasteiger partial charge in [-0.1, -0.05) is 12.1 Å². The summed E-state index contributed by atoms with van der Waals surface area (Å²) >= 11 is 0. The van der Waals surface area contributed by atoms with Crippen molar-refractivity contribution in [2.45, 2.75) is 6.18 Å². The van der Waals surface area contributed by atoms with Gasteiger partial charge in [-0.15, -0.1) is 0 Å². The minimum atomic E-state index is -4.47. The second-order valence-corrected chi connectivity index (χ2v) is 3.34. The zero-order chi connectivity index (χ0) is 13.8. The molecular formula is C12H11F3O3. The summed E-state index contributed by atoms with van der Waals surface area (Å²) in [5, 5.41) is 0. The van der Waals surface area contributed by atoms with Crippen LogP contribution in [-0.2, 0) is 20.4 Å². The van der Waals surface area contributed by atoms with Crippen LogP contribution in [0.15, 0.2) is 30.5 Å². The molecule has 0 heterocycles. The van der Waals surface area contributed by atoms with E-state index in [1.54, 1.807) is 0 Å². The number of rotatable bonds is 3. The summed E-state index contributed by atoms with van der Waals surface area (Å²) in [6, 6.07) is 4.37. The normalized spacial score (nSPS) is 12.2. The quantitative estimate of drug-likeness (QED) is 0.476. The van der Waals surface area contributed by atoms with Crippen molar-refractivity contribution >= 4 is 11.5 Å². The summed E-state index contributed by atoms with van der Waals surface area (Å²) in [6.45, 7) is 0. The minimum absolute atomic E-state index is 0.0777. The van der Waals surface area contributed by atoms with E-state index in [0.717, 1.165) is 25.5 Å². The second kappa shape index (κ2) is 5.57. The molecule has 0 saturated heterocycles. The number of ether oxygens (including phenoxy) is 2. The molecule has 0 aliphatic rings. The van der Waals surface area contributed by atoms with Gasteiger partial charge in [0, 0.05) is 0 Å². The number of halogens is 3. The molecule has 0 bridgehead atoms. The van der Waals surface area contributed by atoms with E-state index in [1.807, 2.05) is 0 Å². The van der Waals surface area contributed by atoms with Gasteiger partial charge in [0.25, 0.3) is 0 Å². The maximum absolute atomic E-state index is 12.5. The molecule has 3 nitrogen and oxygen atoms in total. The lowest BCUT2D eigenvalue weighted by molar-refractivity contribution is -0.138. The van der Waals surface area contributed by atoms with Crippen molar-refractivity contribution in [3.63, 3.8) is 0 Å². The lowest BCUT2D eigenvalue weighted by Crippen LogP contribution is -2.08. The second-order valence-electron chi connectivity index (χ2n) is 3.34. The lowest BCUT2D eigenvalue weighted by Gasteiger charge is -2.10. The van der Waals surface area contributed by atoms with Crippen LogP contribution >= 0.6 is 0 Å². The molecule has 1 rings (SSSR count). The Kier molecular flexibility index (Phi) is 4.36. The zero-order valence-electron chi connectivity index (χ0n) is 9.75. The van der Waals surface area contributed by atoms with Gasteiger partial charge in [0.2, 0.25) is 0 Å². The predicted octanol–water partition coefficient (Wildman–Crippen LogP) is 2.87. The molecule has 0 aliphatic carbocycles. The van der Waals surface area contributed by atoms with E-state index in [1.165, 1.54) is 19.2 Å². The van der Waals surface area contributed by atoms with E-state index in [9.17, 15) is 18.0 Å². The van der Waals surface area contributed by atoms with E-state index in [4.69, 9.17) is 0 Å². The number of hydrogen-bond donors (Lipinski definition) is 0. The van der Waals surface area contributed by atoms with Crippen molar-refractivity contribution in [3.05, 3.63) is 41.7 Å². The summed E-state index contributed by atoms with van der Waals surface area (Å²) in [6.07, 6.45) is -3.42. The maximum atomic E-state index is 12.5. The number of hydrogen-bond acceptors (Lipinski definition) is 3. The Hall–Kier alpha value is -1.98. The number of alkyl halides is 3. The molecule has 0 N–H and O–H groups in total. The average molecular weight is 260 g/mol. The third-order valence-corrected chi connectivity index (χ3v) is 2.14. The number of methoxy groups -OCH3 is 2. The summed E-state index contributed by atoms with van der Waals surface area (Å²) in [4.78, 5) is 11.4. The molecule has 0 amide bonds. The first-order chi connectivity index (χ1) is 8.40. The highest BCUT2D eigenvalue weighted by Gasteiger charge is 2.31. The Balaban J connectivity index is 3.23. The van der Waals surface area contributed by atoms with Gasteiger partial charge in [0.05, 0.1) is 26.0 Å². The predicted molar refractivity (Wildman–Crippen MR) is 58.4 cm³/mol. The van der Waals surface area contributed by atoms with E-state index in [0.29, 0.717) is 0 Å². The van der Waals surface area contributed by atoms with Gasteiger partial charge >= 0.3 is 12.1 Å². The SMILES string of the molecule is COC=C(C(=O)OC)c1cccc(C(F)(F)F)c1. The van der Waals surface area contributed by atoms with Gasteiger partial charge < -0.3 is 9.47 Å². The highest BCUT2D eigenvalue weighted by molar-refractivity contribution is 6.16. The van der Waals surface area contributed by atoms with Crippen LogP contribution in [0.5, 0.6) is 0 Å². The molecule has 0 unspecified atom stereocenters. The van der Waals surface area contributed by atoms with E-state index in [2.05, 4.69) is 9.47 Å². The molecule has 0 aromatic heterocycles. The Morgan fingerprint density at radius 3 is 2.44 bits per heavy atom. The Bertz CT molecular complexity index is 464. The van der Waals surface area contributed by atoms with E-state index in [-0.39, 0.29) is 11.1 Å². The van der Waals surface area contributed by atoms with Crippen LogP contribution in [0, 0.1) is 0 Å². The summed E-state index contributed by atoms with van der Waals surface area (Å²) < 4.78 is 46.7. The van der Waals surface area contributed by atoms with Crippen molar-refractivity contribution in [1.82, 2.24) is 0 Å². The van der Waals surface area contributed by atoms with Crippen molar-refractivity contribution in [3.8, 4) is 0 Å². The molecule has 1 aromatic rings. The highest BCUT2D eigenvalue weighted by Crippen LogP contribution is 2.31. The third-order valence-electron chi connectivity index (χ3n) is 2.14. The van der Waals surface area contributed by atoms with Crippen LogP contribution in [0.4, 0.5) is 13.2 Å². The van der Waals surface area contributed by atoms with Crippen molar-refractivity contribution in [1.29, 1.82) is 0 Å². The smallest absolute Gasteiger partial charge is 0.416 e. The first-order valence-electron chi connectivity index (χ1n) is 4.89. The van der Waals surface area contributed by atoms with Crippen LogP contribution < -0.4 is 0 Å². The molecule has 6 heteroatoms. The molecule has 1 aromatic carbocycles. The molecule has 0 spiro atoms. The number of esters is 1. The molecule has 18 heavy (non-hydrogen) atoms. The fraction of sp³-hybridized carbons (Fsp3) is 0.250. The molecular weight excluding hydrogens is 249 g/mol. The number of carbonyl (C=O) groups excluding carboxylic acids is 1. The first-order valence-corrected chi connectivity index (χ1v) is 4.89. The molecule has 0 aliphatic heterocycles. The fourth-order valence-corrected chi connectivity index (χ4v) is 1.32. The molecule has 98 valence electrons. The van der Waals surface area contributed by atoms with Crippen LogP contribution in [0.3, 0.4) is 0 Å². The van der Waals surface area contributed by atoms with Crippen LogP contribution in [0.25, 0.3) is 5.57 Å². The van der Waals surface area contributed by atoms with Crippen molar-refractivity contribution in [2.24, 2.45) is 0 Å². The van der Waals surface area contributed by atoms with Crippen LogP contribution in [-0.4, -0.2) is 20.2 Å². The Morgan fingerprint density at radius 2 is 1.94 bits per heavy atom. The fourth-order valence-electron chi connectivity index (χ4n) is 1.32.